The van der Waals surface area contributed by atoms with Crippen molar-refractivity contribution >= 4 is 29.0 Å². The molecule has 3 heterocycles. The van der Waals surface area contributed by atoms with Crippen molar-refractivity contribution in [1.82, 2.24) is 19.5 Å². The number of nitrogens with zero attached hydrogens (tertiary/aromatic N) is 4. The topological polar surface area (TPSA) is 94.1 Å². The first-order valence-corrected chi connectivity index (χ1v) is 9.06. The van der Waals surface area contributed by atoms with Crippen molar-refractivity contribution < 1.29 is 18.7 Å². The van der Waals surface area contributed by atoms with Gasteiger partial charge in [-0.2, -0.15) is 4.52 Å². The summed E-state index contributed by atoms with van der Waals surface area (Å²) in [6, 6.07) is 6.74. The van der Waals surface area contributed by atoms with Crippen LogP contribution in [0.5, 0.6) is 0 Å². The molecule has 1 amide bonds. The molecule has 10 heteroatoms. The Balaban J connectivity index is 1.97. The van der Waals surface area contributed by atoms with Crippen molar-refractivity contribution in [2.75, 3.05) is 52.9 Å². The monoisotopic (exact) mass is 407 g/mol. The number of methoxy groups -OCH3 is 2. The maximum absolute atomic E-state index is 13.0. The molecule has 0 fully saturated rings. The Bertz CT molecular complexity index is 947. The number of ether oxygens (including phenoxy) is 2. The van der Waals surface area contributed by atoms with Crippen molar-refractivity contribution in [2.24, 2.45) is 0 Å². The molecule has 150 valence electrons. The molecule has 3 rings (SSSR count). The summed E-state index contributed by atoms with van der Waals surface area (Å²) in [5.74, 6) is 1.31. The van der Waals surface area contributed by atoms with Crippen LogP contribution in [0.1, 0.15) is 10.4 Å². The van der Waals surface area contributed by atoms with Crippen molar-refractivity contribution in [3.63, 3.8) is 0 Å². The van der Waals surface area contributed by atoms with Crippen LogP contribution >= 0.6 is 11.6 Å². The van der Waals surface area contributed by atoms with Gasteiger partial charge >= 0.3 is 0 Å². The molecule has 0 radical (unpaired) electrons. The van der Waals surface area contributed by atoms with Gasteiger partial charge in [0.25, 0.3) is 5.91 Å². The Morgan fingerprint density at radius 2 is 1.96 bits per heavy atom. The summed E-state index contributed by atoms with van der Waals surface area (Å²) < 4.78 is 17.2. The Hall–Kier alpha value is -2.62. The third-order valence-corrected chi connectivity index (χ3v) is 4.35. The second-order valence-electron chi connectivity index (χ2n) is 5.97. The Labute approximate surface area is 167 Å². The van der Waals surface area contributed by atoms with E-state index in [1.807, 2.05) is 0 Å². The van der Waals surface area contributed by atoms with Crippen molar-refractivity contribution in [3.8, 4) is 11.6 Å². The number of fused-ring (bicyclic) bond motifs is 1. The molecule has 0 saturated carbocycles. The number of hydrogen-bond donors (Lipinski definition) is 1. The van der Waals surface area contributed by atoms with Gasteiger partial charge in [-0.15, -0.1) is 5.10 Å². The van der Waals surface area contributed by atoms with E-state index in [-0.39, 0.29) is 11.1 Å². The molecule has 3 aromatic rings. The number of aromatic nitrogens is 3. The van der Waals surface area contributed by atoms with Gasteiger partial charge in [0.15, 0.2) is 16.6 Å². The normalized spacial score (nSPS) is 11.1. The molecule has 1 N–H and O–H groups in total. The average molecular weight is 408 g/mol. The largest absolute Gasteiger partial charge is 0.441 e. The van der Waals surface area contributed by atoms with Gasteiger partial charge in [-0.1, -0.05) is 0 Å². The minimum atomic E-state index is -0.140. The first kappa shape index (κ1) is 20.1. The fourth-order valence-electron chi connectivity index (χ4n) is 2.72. The molecule has 0 aromatic carbocycles. The van der Waals surface area contributed by atoms with Gasteiger partial charge in [0.05, 0.1) is 13.2 Å². The van der Waals surface area contributed by atoms with Crippen LogP contribution in [0, 0.1) is 0 Å². The lowest BCUT2D eigenvalue weighted by Crippen LogP contribution is -2.36. The number of carbonyl (C=O) groups excluding carboxylic acids is 1. The first-order chi connectivity index (χ1) is 13.6. The predicted octanol–water partition coefficient (Wildman–Crippen LogP) is 2.42. The van der Waals surface area contributed by atoms with Crippen LogP contribution in [0.25, 0.3) is 17.2 Å². The molecule has 0 aliphatic rings. The highest BCUT2D eigenvalue weighted by molar-refractivity contribution is 6.28. The molecular formula is C18H22ClN5O4. The lowest BCUT2D eigenvalue weighted by molar-refractivity contribution is 0.0627. The quantitative estimate of drug-likeness (QED) is 0.582. The number of hydrogen-bond acceptors (Lipinski definition) is 7. The lowest BCUT2D eigenvalue weighted by Gasteiger charge is -2.22. The molecule has 28 heavy (non-hydrogen) atoms. The third-order valence-electron chi connectivity index (χ3n) is 4.15. The number of furan rings is 1. The summed E-state index contributed by atoms with van der Waals surface area (Å²) in [6.07, 6.45) is 0. The molecule has 0 bridgehead atoms. The second kappa shape index (κ2) is 9.05. The van der Waals surface area contributed by atoms with Crippen LogP contribution in [0.3, 0.4) is 0 Å². The fraction of sp³-hybridized carbons (Fsp3) is 0.389. The highest BCUT2D eigenvalue weighted by Gasteiger charge is 2.20. The lowest BCUT2D eigenvalue weighted by atomic mass is 10.2. The Kier molecular flexibility index (Phi) is 6.50. The van der Waals surface area contributed by atoms with E-state index in [0.717, 1.165) is 0 Å². The van der Waals surface area contributed by atoms with E-state index in [2.05, 4.69) is 15.4 Å². The number of carbonyl (C=O) groups is 1. The summed E-state index contributed by atoms with van der Waals surface area (Å²) >= 11 is 5.84. The van der Waals surface area contributed by atoms with Crippen molar-refractivity contribution in [3.05, 3.63) is 35.0 Å². The smallest absolute Gasteiger partial charge is 0.254 e. The summed E-state index contributed by atoms with van der Waals surface area (Å²) in [6.45, 7) is 1.79. The number of halogens is 1. The van der Waals surface area contributed by atoms with Crippen LogP contribution in [0.2, 0.25) is 5.22 Å². The average Bonchev–Trinajstić information content (AvgIpc) is 3.32. The molecule has 0 aliphatic heterocycles. The maximum atomic E-state index is 13.0. The van der Waals surface area contributed by atoms with E-state index < -0.39 is 0 Å². The highest BCUT2D eigenvalue weighted by atomic mass is 35.5. The van der Waals surface area contributed by atoms with Gasteiger partial charge in [-0.05, 0) is 35.9 Å². The van der Waals surface area contributed by atoms with E-state index in [9.17, 15) is 4.79 Å². The highest BCUT2D eigenvalue weighted by Crippen LogP contribution is 2.24. The minimum absolute atomic E-state index is 0.140. The van der Waals surface area contributed by atoms with E-state index in [1.165, 1.54) is 0 Å². The zero-order valence-electron chi connectivity index (χ0n) is 15.9. The zero-order chi connectivity index (χ0) is 20.1. The Morgan fingerprint density at radius 1 is 1.25 bits per heavy atom. The van der Waals surface area contributed by atoms with E-state index in [4.69, 9.17) is 25.5 Å². The van der Waals surface area contributed by atoms with E-state index in [0.29, 0.717) is 54.9 Å². The molecule has 0 spiro atoms. The van der Waals surface area contributed by atoms with Crippen LogP contribution in [-0.2, 0) is 9.47 Å². The van der Waals surface area contributed by atoms with Gasteiger partial charge in [0, 0.05) is 39.9 Å². The van der Waals surface area contributed by atoms with Gasteiger partial charge in [-0.25, -0.2) is 4.98 Å². The third kappa shape index (κ3) is 4.27. The first-order valence-electron chi connectivity index (χ1n) is 8.68. The number of rotatable bonds is 9. The summed E-state index contributed by atoms with van der Waals surface area (Å²) in [5, 5.41) is 7.74. The van der Waals surface area contributed by atoms with Crippen LogP contribution in [0.15, 0.2) is 28.7 Å². The van der Waals surface area contributed by atoms with E-state index >= 15 is 0 Å². The molecule has 0 atom stereocenters. The zero-order valence-corrected chi connectivity index (χ0v) is 16.7. The maximum Gasteiger partial charge on any atom is 0.254 e. The number of anilines is 1. The molecule has 0 aliphatic carbocycles. The number of pyridine rings is 1. The second-order valence-corrected chi connectivity index (χ2v) is 6.34. The molecular weight excluding hydrogens is 386 g/mol. The SMILES string of the molecule is CNc1cc(C(=O)N(CCOC)CCOC)cc2nc(-c3ccc(Cl)o3)nn12. The van der Waals surface area contributed by atoms with Crippen LogP contribution < -0.4 is 5.32 Å². The summed E-state index contributed by atoms with van der Waals surface area (Å²) in [7, 11) is 4.95. The minimum Gasteiger partial charge on any atom is -0.441 e. The van der Waals surface area contributed by atoms with Crippen LogP contribution in [-0.4, -0.2) is 73.0 Å². The molecule has 0 saturated heterocycles. The molecule has 9 nitrogen and oxygen atoms in total. The number of amides is 1. The summed E-state index contributed by atoms with van der Waals surface area (Å²) in [4.78, 5) is 19.2. The van der Waals surface area contributed by atoms with Gasteiger partial charge in [0.2, 0.25) is 5.82 Å². The van der Waals surface area contributed by atoms with Crippen LogP contribution in [0.4, 0.5) is 5.82 Å². The van der Waals surface area contributed by atoms with Crippen molar-refractivity contribution in [2.45, 2.75) is 0 Å². The van der Waals surface area contributed by atoms with E-state index in [1.54, 1.807) is 54.9 Å². The molecule has 3 aromatic heterocycles. The number of nitrogens with one attached hydrogen (secondary N) is 1. The predicted molar refractivity (Wildman–Crippen MR) is 105 cm³/mol. The van der Waals surface area contributed by atoms with Gasteiger partial charge in [-0.3, -0.25) is 4.79 Å². The van der Waals surface area contributed by atoms with Gasteiger partial charge in [0.1, 0.15) is 5.82 Å². The van der Waals surface area contributed by atoms with Gasteiger partial charge < -0.3 is 24.1 Å². The molecule has 0 unspecified atom stereocenters. The fourth-order valence-corrected chi connectivity index (χ4v) is 2.87. The summed E-state index contributed by atoms with van der Waals surface area (Å²) in [5.41, 5.74) is 0.997. The standard InChI is InChI=1S/C18H22ClN5O4/c1-20-15-10-12(18(25)23(6-8-26-2)7-9-27-3)11-16-21-17(22-24(15)16)13-4-5-14(19)28-13/h4-5,10-11,20H,6-9H2,1-3H3. The van der Waals surface area contributed by atoms with Crippen molar-refractivity contribution in [1.29, 1.82) is 0 Å². The Morgan fingerprint density at radius 3 is 2.54 bits per heavy atom.